The Morgan fingerprint density at radius 1 is 0.898 bits per heavy atom. The van der Waals surface area contributed by atoms with Crippen LogP contribution in [0.4, 0.5) is 0 Å². The van der Waals surface area contributed by atoms with E-state index in [1.165, 1.54) is 6.92 Å². The van der Waals surface area contributed by atoms with Crippen LogP contribution in [0.2, 0.25) is 0 Å². The molecular weight excluding hydrogens is 642 g/mol. The van der Waals surface area contributed by atoms with Gasteiger partial charge in [-0.3, -0.25) is 14.1 Å². The van der Waals surface area contributed by atoms with Gasteiger partial charge >= 0.3 is 16.4 Å². The molecule has 4 aliphatic rings. The molecule has 284 valence electrons. The minimum Gasteiger partial charge on any atom is -0.462 e. The Kier molecular flexibility index (Phi) is 13.7. The van der Waals surface area contributed by atoms with Crippen molar-refractivity contribution in [2.24, 2.45) is 63.4 Å². The van der Waals surface area contributed by atoms with Gasteiger partial charge in [0.1, 0.15) is 6.10 Å². The maximum Gasteiger partial charge on any atom is 0.397 e. The molecular formula is C38H69N3O7S. The number of hydrogen-bond acceptors (Lipinski definition) is 8. The molecule has 4 rings (SSSR count). The number of fused-ring (bicyclic) bond motifs is 5. The fourth-order valence-electron chi connectivity index (χ4n) is 11.9. The molecule has 0 saturated heterocycles. The van der Waals surface area contributed by atoms with Crippen LogP contribution in [0.1, 0.15) is 132 Å². The molecule has 0 aromatic rings. The highest BCUT2D eigenvalue weighted by Crippen LogP contribution is 2.75. The molecule has 0 bridgehead atoms. The number of nitrogens with one attached hydrogen (secondary N) is 2. The monoisotopic (exact) mass is 711 g/mol. The predicted molar refractivity (Wildman–Crippen MR) is 193 cm³/mol. The summed E-state index contributed by atoms with van der Waals surface area (Å²) in [7, 11) is -4.51. The van der Waals surface area contributed by atoms with Crippen LogP contribution in [0.15, 0.2) is 0 Å². The largest absolute Gasteiger partial charge is 0.462 e. The third-order valence-electron chi connectivity index (χ3n) is 14.3. The highest BCUT2D eigenvalue weighted by atomic mass is 32.3. The number of hydrogen-bond donors (Lipinski definition) is 4. The number of unbranched alkanes of at least 4 members (excludes halogenated alkanes) is 1. The van der Waals surface area contributed by atoms with Crippen molar-refractivity contribution in [1.29, 1.82) is 0 Å². The number of carbonyl (C=O) groups excluding carboxylic acids is 2. The van der Waals surface area contributed by atoms with Crippen LogP contribution in [0.25, 0.3) is 0 Å². The minimum absolute atomic E-state index is 0.00169. The van der Waals surface area contributed by atoms with Gasteiger partial charge in [-0.25, -0.2) is 4.18 Å². The van der Waals surface area contributed by atoms with Gasteiger partial charge in [0.15, 0.2) is 0 Å². The zero-order valence-electron chi connectivity index (χ0n) is 31.6. The Balaban J connectivity index is 1.57. The van der Waals surface area contributed by atoms with Gasteiger partial charge in [0.25, 0.3) is 0 Å². The molecule has 1 amide bonds. The summed E-state index contributed by atoms with van der Waals surface area (Å²) in [5, 5.41) is 6.73. The van der Waals surface area contributed by atoms with Crippen LogP contribution in [0, 0.1) is 57.7 Å². The standard InChI is InChI=1S/C38H69N3O7S/c1-25(2)12-10-13-28(35(43)41-23-9-8-21-40-22-11-20-39)34-30-14-15-33-36(5)18-17-31(48-49(44,45)46)26(3)29(36)16-19-37(33,6)38(30,7)24-32(34)47-27(4)42/h25-26,28-34,40H,8-24,39H2,1-7H3,(H,41,43)(H,44,45,46)/t26-,28-,29?,30?,31+,32-,33?,34-,36-,37-,38-/m0/s1. The van der Waals surface area contributed by atoms with E-state index in [0.717, 1.165) is 90.1 Å². The van der Waals surface area contributed by atoms with Gasteiger partial charge in [0, 0.05) is 25.3 Å². The minimum atomic E-state index is -4.51. The van der Waals surface area contributed by atoms with Gasteiger partial charge in [0.2, 0.25) is 5.91 Å². The van der Waals surface area contributed by atoms with E-state index in [0.29, 0.717) is 31.3 Å². The molecule has 0 aliphatic heterocycles. The van der Waals surface area contributed by atoms with Gasteiger partial charge in [-0.15, -0.1) is 0 Å². The first-order valence-electron chi connectivity index (χ1n) is 19.5. The van der Waals surface area contributed by atoms with Gasteiger partial charge < -0.3 is 21.1 Å². The third-order valence-corrected chi connectivity index (χ3v) is 14.8. The van der Waals surface area contributed by atoms with E-state index in [4.69, 9.17) is 14.7 Å². The summed E-state index contributed by atoms with van der Waals surface area (Å²) in [5.41, 5.74) is 5.45. The Labute approximate surface area is 297 Å². The second kappa shape index (κ2) is 16.6. The SMILES string of the molecule is CC(=O)O[C@H]1C[C@@]2(C)C(CCC3[C@@]4(C)CC[C@@H](OS(=O)(=O)O)[C@@H](C)C4CC[C@@]32C)[C@@H]1[C@H](CCCC(C)C)C(=O)NCCCCNCCCN. The number of carbonyl (C=O) groups is 2. The lowest BCUT2D eigenvalue weighted by Gasteiger charge is -2.68. The summed E-state index contributed by atoms with van der Waals surface area (Å²) < 4.78 is 44.2. The van der Waals surface area contributed by atoms with Crippen molar-refractivity contribution in [3.8, 4) is 0 Å². The second-order valence-electron chi connectivity index (χ2n) is 17.4. The molecule has 0 aromatic heterocycles. The smallest absolute Gasteiger partial charge is 0.397 e. The number of esters is 1. The molecule has 0 spiro atoms. The molecule has 11 atom stereocenters. The Hall–Kier alpha value is -1.27. The molecule has 49 heavy (non-hydrogen) atoms. The summed E-state index contributed by atoms with van der Waals surface area (Å²) in [6.45, 7) is 18.5. The second-order valence-corrected chi connectivity index (χ2v) is 18.5. The molecule has 0 aromatic carbocycles. The maximum absolute atomic E-state index is 14.2. The van der Waals surface area contributed by atoms with E-state index >= 15 is 0 Å². The first kappa shape index (κ1) is 40.5. The molecule has 4 fully saturated rings. The quantitative estimate of drug-likeness (QED) is 0.0774. The van der Waals surface area contributed by atoms with E-state index in [1.54, 1.807) is 0 Å². The Morgan fingerprint density at radius 3 is 2.24 bits per heavy atom. The van der Waals surface area contributed by atoms with Crippen LogP contribution in [0.5, 0.6) is 0 Å². The summed E-state index contributed by atoms with van der Waals surface area (Å²) in [6.07, 6.45) is 11.1. The first-order valence-corrected chi connectivity index (χ1v) is 20.9. The maximum atomic E-state index is 14.2. The van der Waals surface area contributed by atoms with Gasteiger partial charge in [-0.1, -0.05) is 54.4 Å². The van der Waals surface area contributed by atoms with Crippen molar-refractivity contribution in [3.63, 3.8) is 0 Å². The first-order chi connectivity index (χ1) is 23.0. The van der Waals surface area contributed by atoms with Crippen LogP contribution in [-0.2, 0) is 28.9 Å². The van der Waals surface area contributed by atoms with Gasteiger partial charge in [0.05, 0.1) is 6.10 Å². The van der Waals surface area contributed by atoms with E-state index in [-0.39, 0.29) is 63.8 Å². The van der Waals surface area contributed by atoms with Crippen molar-refractivity contribution in [2.75, 3.05) is 26.2 Å². The topological polar surface area (TPSA) is 157 Å². The van der Waals surface area contributed by atoms with E-state index < -0.39 is 16.5 Å². The lowest BCUT2D eigenvalue weighted by Crippen LogP contribution is -2.62. The lowest BCUT2D eigenvalue weighted by atomic mass is 9.37. The van der Waals surface area contributed by atoms with Crippen LogP contribution in [0.3, 0.4) is 0 Å². The average Bonchev–Trinajstić information content (AvgIpc) is 3.29. The zero-order chi connectivity index (χ0) is 36.2. The molecule has 0 heterocycles. The van der Waals surface area contributed by atoms with Gasteiger partial charge in [-0.2, -0.15) is 8.42 Å². The number of ether oxygens (including phenoxy) is 1. The Bertz CT molecular complexity index is 1230. The number of rotatable bonds is 17. The summed E-state index contributed by atoms with van der Waals surface area (Å²) >= 11 is 0. The number of nitrogens with two attached hydrogens (primary N) is 1. The highest BCUT2D eigenvalue weighted by Gasteiger charge is 2.70. The lowest BCUT2D eigenvalue weighted by molar-refractivity contribution is -0.201. The van der Waals surface area contributed by atoms with Crippen LogP contribution in [-0.4, -0.2) is 63.2 Å². The molecule has 3 unspecified atom stereocenters. The average molecular weight is 712 g/mol. The molecule has 11 heteroatoms. The molecule has 0 radical (unpaired) electrons. The summed E-state index contributed by atoms with van der Waals surface area (Å²) in [4.78, 5) is 26.9. The molecule has 4 saturated carbocycles. The van der Waals surface area contributed by atoms with Crippen molar-refractivity contribution in [2.45, 2.75) is 144 Å². The fraction of sp³-hybridized carbons (Fsp3) is 0.947. The number of amides is 1. The van der Waals surface area contributed by atoms with Crippen molar-refractivity contribution in [3.05, 3.63) is 0 Å². The van der Waals surface area contributed by atoms with Gasteiger partial charge in [-0.05, 0) is 136 Å². The fourth-order valence-corrected chi connectivity index (χ4v) is 12.4. The predicted octanol–water partition coefficient (Wildman–Crippen LogP) is 6.29. The Morgan fingerprint density at radius 2 is 1.59 bits per heavy atom. The molecule has 4 aliphatic carbocycles. The van der Waals surface area contributed by atoms with Crippen molar-refractivity contribution in [1.82, 2.24) is 10.6 Å². The van der Waals surface area contributed by atoms with Crippen molar-refractivity contribution < 1.29 is 31.5 Å². The van der Waals surface area contributed by atoms with Crippen LogP contribution >= 0.6 is 0 Å². The normalized spacial score (nSPS) is 38.0. The molecule has 5 N–H and O–H groups in total. The van der Waals surface area contributed by atoms with Crippen molar-refractivity contribution >= 4 is 22.3 Å². The zero-order valence-corrected chi connectivity index (χ0v) is 32.4. The summed E-state index contributed by atoms with van der Waals surface area (Å²) in [5.74, 6) is 1.13. The summed E-state index contributed by atoms with van der Waals surface area (Å²) in [6, 6.07) is 0. The van der Waals surface area contributed by atoms with Crippen LogP contribution < -0.4 is 16.4 Å². The highest BCUT2D eigenvalue weighted by molar-refractivity contribution is 7.80. The molecule has 10 nitrogen and oxygen atoms in total. The van der Waals surface area contributed by atoms with E-state index in [2.05, 4.69) is 52.2 Å². The van der Waals surface area contributed by atoms with E-state index in [1.807, 2.05) is 0 Å². The van der Waals surface area contributed by atoms with E-state index in [9.17, 15) is 22.6 Å². The third kappa shape index (κ3) is 8.86.